The lowest BCUT2D eigenvalue weighted by Gasteiger charge is -2.11. The average molecular weight is 187 g/mol. The normalized spacial score (nSPS) is 11.1. The summed E-state index contributed by atoms with van der Waals surface area (Å²) in [6.45, 7) is 10.1. The molecule has 0 aliphatic heterocycles. The van der Waals surface area contributed by atoms with E-state index in [4.69, 9.17) is 0 Å². The second-order valence-electron chi connectivity index (χ2n) is 3.68. The minimum Gasteiger partial charge on any atom is -0.256 e. The van der Waals surface area contributed by atoms with Crippen LogP contribution >= 0.6 is 0 Å². The summed E-state index contributed by atoms with van der Waals surface area (Å²) in [5.74, 6) is 0.506. The molecule has 0 spiro atoms. The van der Waals surface area contributed by atoms with Gasteiger partial charge in [-0.2, -0.15) is 0 Å². The van der Waals surface area contributed by atoms with Crippen LogP contribution in [0.25, 0.3) is 0 Å². The highest BCUT2D eigenvalue weighted by Crippen LogP contribution is 2.29. The van der Waals surface area contributed by atoms with Gasteiger partial charge in [0, 0.05) is 6.21 Å². The molecule has 1 heteroatoms. The van der Waals surface area contributed by atoms with Crippen molar-refractivity contribution in [3.05, 3.63) is 42.0 Å². The summed E-state index contributed by atoms with van der Waals surface area (Å²) in [6, 6.07) is 6.30. The predicted molar refractivity (Wildman–Crippen MR) is 63.6 cm³/mol. The van der Waals surface area contributed by atoms with Crippen molar-refractivity contribution in [3.8, 4) is 0 Å². The van der Waals surface area contributed by atoms with Crippen LogP contribution in [0.3, 0.4) is 0 Å². The van der Waals surface area contributed by atoms with Crippen molar-refractivity contribution in [1.82, 2.24) is 0 Å². The lowest BCUT2D eigenvalue weighted by molar-refractivity contribution is 0.865. The molecule has 1 rings (SSSR count). The van der Waals surface area contributed by atoms with Gasteiger partial charge in [0.15, 0.2) is 0 Å². The Labute approximate surface area is 86.2 Å². The molecule has 0 aromatic heterocycles. The molecular formula is C13H17N. The Balaban J connectivity index is 3.21. The zero-order valence-corrected chi connectivity index (χ0v) is 9.12. The quantitative estimate of drug-likeness (QED) is 0.634. The molecule has 0 N–H and O–H groups in total. The van der Waals surface area contributed by atoms with Crippen molar-refractivity contribution in [2.45, 2.75) is 26.7 Å². The maximum atomic E-state index is 4.40. The molecule has 0 unspecified atom stereocenters. The van der Waals surface area contributed by atoms with Gasteiger partial charge in [-0.05, 0) is 24.0 Å². The smallest absolute Gasteiger partial charge is 0.0693 e. The van der Waals surface area contributed by atoms with E-state index in [0.717, 1.165) is 5.69 Å². The first kappa shape index (κ1) is 10.7. The summed E-state index contributed by atoms with van der Waals surface area (Å²) in [7, 11) is 0. The Bertz CT molecular complexity index is 348. The number of aliphatic imine (C=N–C) groups is 1. The minimum absolute atomic E-state index is 0.506. The molecule has 1 aromatic rings. The molecule has 0 aliphatic carbocycles. The van der Waals surface area contributed by atoms with Gasteiger partial charge in [0.1, 0.15) is 0 Å². The zero-order valence-electron chi connectivity index (χ0n) is 9.12. The van der Waals surface area contributed by atoms with Gasteiger partial charge in [0.05, 0.1) is 5.69 Å². The molecule has 0 aliphatic rings. The van der Waals surface area contributed by atoms with Crippen LogP contribution in [-0.4, -0.2) is 6.21 Å². The Morgan fingerprint density at radius 2 is 2.07 bits per heavy atom. The van der Waals surface area contributed by atoms with Crippen LogP contribution in [0.5, 0.6) is 0 Å². The highest BCUT2D eigenvalue weighted by atomic mass is 14.7. The van der Waals surface area contributed by atoms with Gasteiger partial charge >= 0.3 is 0 Å². The third-order valence-corrected chi connectivity index (χ3v) is 2.20. The van der Waals surface area contributed by atoms with E-state index in [-0.39, 0.29) is 0 Å². The highest BCUT2D eigenvalue weighted by molar-refractivity contribution is 5.75. The largest absolute Gasteiger partial charge is 0.256 e. The molecule has 0 saturated heterocycles. The molecule has 0 radical (unpaired) electrons. The van der Waals surface area contributed by atoms with E-state index >= 15 is 0 Å². The summed E-state index contributed by atoms with van der Waals surface area (Å²) in [6.07, 6.45) is 3.45. The molecule has 1 nitrogen and oxygen atoms in total. The average Bonchev–Trinajstić information content (AvgIpc) is 2.15. The fourth-order valence-corrected chi connectivity index (χ4v) is 1.45. The lowest BCUT2D eigenvalue weighted by Crippen LogP contribution is -1.89. The van der Waals surface area contributed by atoms with Crippen LogP contribution in [0.1, 0.15) is 30.9 Å². The number of para-hydroxylation sites is 1. The number of benzene rings is 1. The maximum Gasteiger partial charge on any atom is 0.0693 e. The number of hydrogen-bond donors (Lipinski definition) is 0. The molecule has 0 fully saturated rings. The Kier molecular flexibility index (Phi) is 3.63. The van der Waals surface area contributed by atoms with Crippen molar-refractivity contribution in [1.29, 1.82) is 0 Å². The summed E-state index contributed by atoms with van der Waals surface area (Å²) >= 11 is 0. The Morgan fingerprint density at radius 1 is 1.36 bits per heavy atom. The lowest BCUT2D eigenvalue weighted by atomic mass is 9.98. The molecule has 0 heterocycles. The van der Waals surface area contributed by atoms with E-state index in [1.165, 1.54) is 11.1 Å². The first-order valence-corrected chi connectivity index (χ1v) is 4.91. The van der Waals surface area contributed by atoms with Crippen molar-refractivity contribution in [2.24, 2.45) is 4.99 Å². The highest BCUT2D eigenvalue weighted by Gasteiger charge is 2.06. The first-order chi connectivity index (χ1) is 6.66. The van der Waals surface area contributed by atoms with Crippen LogP contribution in [0.15, 0.2) is 35.8 Å². The van der Waals surface area contributed by atoms with Crippen LogP contribution in [0.4, 0.5) is 5.69 Å². The SMILES string of the molecule is C=C/C=N\c1c(C)cccc1C(C)C. The standard InChI is InChI=1S/C13H17N/c1-5-9-14-13-11(4)7-6-8-12(13)10(2)3/h5-10H,1H2,2-4H3/b14-9-. The van der Waals surface area contributed by atoms with E-state index in [9.17, 15) is 0 Å². The summed E-state index contributed by atoms with van der Waals surface area (Å²) in [5.41, 5.74) is 3.60. The van der Waals surface area contributed by atoms with Gasteiger partial charge in [-0.15, -0.1) is 0 Å². The van der Waals surface area contributed by atoms with E-state index in [0.29, 0.717) is 5.92 Å². The second-order valence-corrected chi connectivity index (χ2v) is 3.68. The second kappa shape index (κ2) is 4.75. The van der Waals surface area contributed by atoms with E-state index in [1.807, 2.05) is 0 Å². The molecule has 0 atom stereocenters. The monoisotopic (exact) mass is 187 g/mol. The van der Waals surface area contributed by atoms with Crippen molar-refractivity contribution in [2.75, 3.05) is 0 Å². The van der Waals surface area contributed by atoms with E-state index < -0.39 is 0 Å². The maximum absolute atomic E-state index is 4.40. The number of allylic oxidation sites excluding steroid dienone is 1. The van der Waals surface area contributed by atoms with Crippen LogP contribution in [-0.2, 0) is 0 Å². The fraction of sp³-hybridized carbons (Fsp3) is 0.308. The van der Waals surface area contributed by atoms with E-state index in [2.05, 4.69) is 50.5 Å². The first-order valence-electron chi connectivity index (χ1n) is 4.91. The molecule has 14 heavy (non-hydrogen) atoms. The number of aryl methyl sites for hydroxylation is 1. The summed E-state index contributed by atoms with van der Waals surface area (Å²) in [5, 5.41) is 0. The Hall–Kier alpha value is -1.37. The van der Waals surface area contributed by atoms with Crippen molar-refractivity contribution < 1.29 is 0 Å². The molecule has 0 bridgehead atoms. The van der Waals surface area contributed by atoms with Gasteiger partial charge < -0.3 is 0 Å². The van der Waals surface area contributed by atoms with Crippen LogP contribution in [0, 0.1) is 6.92 Å². The minimum atomic E-state index is 0.506. The number of rotatable bonds is 3. The zero-order chi connectivity index (χ0) is 10.6. The molecule has 0 amide bonds. The van der Waals surface area contributed by atoms with Crippen LogP contribution < -0.4 is 0 Å². The summed E-state index contributed by atoms with van der Waals surface area (Å²) < 4.78 is 0. The third kappa shape index (κ3) is 2.32. The molecule has 74 valence electrons. The van der Waals surface area contributed by atoms with Crippen molar-refractivity contribution >= 4 is 11.9 Å². The van der Waals surface area contributed by atoms with Gasteiger partial charge in [0.2, 0.25) is 0 Å². The Morgan fingerprint density at radius 3 is 2.64 bits per heavy atom. The molecule has 1 aromatic carbocycles. The summed E-state index contributed by atoms with van der Waals surface area (Å²) in [4.78, 5) is 4.40. The molecule has 0 saturated carbocycles. The van der Waals surface area contributed by atoms with Gasteiger partial charge in [-0.1, -0.05) is 44.7 Å². The fourth-order valence-electron chi connectivity index (χ4n) is 1.45. The van der Waals surface area contributed by atoms with Gasteiger partial charge in [0.25, 0.3) is 0 Å². The van der Waals surface area contributed by atoms with E-state index in [1.54, 1.807) is 12.3 Å². The van der Waals surface area contributed by atoms with Gasteiger partial charge in [-0.3, -0.25) is 4.99 Å². The van der Waals surface area contributed by atoms with Crippen LogP contribution in [0.2, 0.25) is 0 Å². The van der Waals surface area contributed by atoms with Crippen molar-refractivity contribution in [3.63, 3.8) is 0 Å². The van der Waals surface area contributed by atoms with Gasteiger partial charge in [-0.25, -0.2) is 0 Å². The third-order valence-electron chi connectivity index (χ3n) is 2.20. The predicted octanol–water partition coefficient (Wildman–Crippen LogP) is 4.01. The number of hydrogen-bond acceptors (Lipinski definition) is 1. The topological polar surface area (TPSA) is 12.4 Å². The number of nitrogens with zero attached hydrogens (tertiary/aromatic N) is 1. The molecular weight excluding hydrogens is 170 g/mol.